The normalized spacial score (nSPS) is 29.3. The Balaban J connectivity index is 2.21. The van der Waals surface area contributed by atoms with Crippen molar-refractivity contribution in [3.8, 4) is 0 Å². The molecule has 0 unspecified atom stereocenters. The second-order valence-corrected chi connectivity index (χ2v) is 7.22. The number of rotatable bonds is 3. The number of hydrogen-bond acceptors (Lipinski definition) is 3. The van der Waals surface area contributed by atoms with Crippen LogP contribution in [-0.4, -0.2) is 52.7 Å². The van der Waals surface area contributed by atoms with Crippen molar-refractivity contribution in [1.29, 1.82) is 0 Å². The van der Waals surface area contributed by atoms with E-state index >= 15 is 0 Å². The quantitative estimate of drug-likeness (QED) is 0.749. The molecule has 4 nitrogen and oxygen atoms in total. The Morgan fingerprint density at radius 2 is 2.05 bits per heavy atom. The molecule has 2 rings (SSSR count). The van der Waals surface area contributed by atoms with Crippen LogP contribution in [0.3, 0.4) is 0 Å². The zero-order chi connectivity index (χ0) is 15.8. The van der Waals surface area contributed by atoms with Crippen molar-refractivity contribution in [1.82, 2.24) is 9.80 Å². The lowest BCUT2D eigenvalue weighted by Gasteiger charge is -2.47. The average Bonchev–Trinajstić information content (AvgIpc) is 2.62. The van der Waals surface area contributed by atoms with E-state index in [1.165, 1.54) is 0 Å². The molecule has 1 amide bonds. The SMILES string of the molecule is C=CCN1C[C@H]2CC[C@@H]([C@@H]1C(=C)C)N2C(=O)OC(C)(C)C. The Bertz CT molecular complexity index is 439. The molecule has 0 spiro atoms. The van der Waals surface area contributed by atoms with Crippen LogP contribution in [0.2, 0.25) is 0 Å². The lowest BCUT2D eigenvalue weighted by Crippen LogP contribution is -2.61. The largest absolute Gasteiger partial charge is 0.444 e. The standard InChI is InChI=1S/C17H28N2O2/c1-7-10-18-11-13-8-9-14(15(18)12(2)3)19(13)16(20)21-17(4,5)6/h7,13-15H,1-2,8-11H2,3-6H3/t13-,14+,15+/m1/s1. The first-order chi connectivity index (χ1) is 9.74. The summed E-state index contributed by atoms with van der Waals surface area (Å²) in [6.07, 6.45) is 3.81. The van der Waals surface area contributed by atoms with Gasteiger partial charge in [0, 0.05) is 19.1 Å². The maximum Gasteiger partial charge on any atom is 0.410 e. The first kappa shape index (κ1) is 16.1. The maximum atomic E-state index is 12.5. The fourth-order valence-electron chi connectivity index (χ4n) is 3.62. The number of carbonyl (C=O) groups excluding carboxylic acids is 1. The van der Waals surface area contributed by atoms with Gasteiger partial charge in [-0.3, -0.25) is 9.80 Å². The second-order valence-electron chi connectivity index (χ2n) is 7.22. The summed E-state index contributed by atoms with van der Waals surface area (Å²) in [7, 11) is 0. The molecule has 0 saturated carbocycles. The van der Waals surface area contributed by atoms with Gasteiger partial charge in [0.15, 0.2) is 0 Å². The summed E-state index contributed by atoms with van der Waals surface area (Å²) in [6, 6.07) is 0.630. The highest BCUT2D eigenvalue weighted by molar-refractivity contribution is 5.70. The maximum absolute atomic E-state index is 12.5. The smallest absolute Gasteiger partial charge is 0.410 e. The summed E-state index contributed by atoms with van der Waals surface area (Å²) in [5.74, 6) is 0. The number of carbonyl (C=O) groups is 1. The Morgan fingerprint density at radius 3 is 2.57 bits per heavy atom. The number of nitrogens with zero attached hydrogens (tertiary/aromatic N) is 2. The molecular formula is C17H28N2O2. The van der Waals surface area contributed by atoms with Gasteiger partial charge in [-0.15, -0.1) is 6.58 Å². The van der Waals surface area contributed by atoms with Gasteiger partial charge >= 0.3 is 6.09 Å². The van der Waals surface area contributed by atoms with Crippen LogP contribution in [0.25, 0.3) is 0 Å². The number of piperazine rings is 1. The average molecular weight is 292 g/mol. The molecular weight excluding hydrogens is 264 g/mol. The highest BCUT2D eigenvalue weighted by Crippen LogP contribution is 2.37. The number of hydrogen-bond donors (Lipinski definition) is 0. The molecule has 0 N–H and O–H groups in total. The monoisotopic (exact) mass is 292 g/mol. The van der Waals surface area contributed by atoms with Gasteiger partial charge in [-0.05, 0) is 40.5 Å². The van der Waals surface area contributed by atoms with Crippen molar-refractivity contribution in [2.45, 2.75) is 64.3 Å². The number of ether oxygens (including phenoxy) is 1. The van der Waals surface area contributed by atoms with Crippen molar-refractivity contribution < 1.29 is 9.53 Å². The topological polar surface area (TPSA) is 32.8 Å². The molecule has 2 saturated heterocycles. The third-order valence-corrected chi connectivity index (χ3v) is 4.22. The van der Waals surface area contributed by atoms with Crippen molar-refractivity contribution in [3.63, 3.8) is 0 Å². The summed E-state index contributed by atoms with van der Waals surface area (Å²) in [6.45, 7) is 17.5. The minimum atomic E-state index is -0.451. The fraction of sp³-hybridized carbons (Fsp3) is 0.706. The van der Waals surface area contributed by atoms with Crippen LogP contribution in [0.5, 0.6) is 0 Å². The first-order valence-electron chi connectivity index (χ1n) is 7.76. The molecule has 2 fully saturated rings. The van der Waals surface area contributed by atoms with E-state index in [1.807, 2.05) is 38.7 Å². The second kappa shape index (κ2) is 5.84. The zero-order valence-corrected chi connectivity index (χ0v) is 13.8. The number of amides is 1. The molecule has 4 heteroatoms. The minimum Gasteiger partial charge on any atom is -0.444 e. The van der Waals surface area contributed by atoms with E-state index in [9.17, 15) is 4.79 Å². The van der Waals surface area contributed by atoms with Crippen LogP contribution >= 0.6 is 0 Å². The van der Waals surface area contributed by atoms with Crippen LogP contribution in [0, 0.1) is 0 Å². The van der Waals surface area contributed by atoms with E-state index in [1.54, 1.807) is 0 Å². The third kappa shape index (κ3) is 3.31. The molecule has 0 aromatic rings. The van der Waals surface area contributed by atoms with Gasteiger partial charge < -0.3 is 4.74 Å². The fourth-order valence-corrected chi connectivity index (χ4v) is 3.62. The van der Waals surface area contributed by atoms with Crippen molar-refractivity contribution >= 4 is 6.09 Å². The van der Waals surface area contributed by atoms with Crippen molar-refractivity contribution in [2.75, 3.05) is 13.1 Å². The van der Waals surface area contributed by atoms with Gasteiger partial charge in [0.2, 0.25) is 0 Å². The van der Waals surface area contributed by atoms with E-state index in [4.69, 9.17) is 4.74 Å². The highest BCUT2D eigenvalue weighted by atomic mass is 16.6. The van der Waals surface area contributed by atoms with E-state index in [-0.39, 0.29) is 24.2 Å². The van der Waals surface area contributed by atoms with Gasteiger partial charge in [0.25, 0.3) is 0 Å². The summed E-state index contributed by atoms with van der Waals surface area (Å²) >= 11 is 0. The molecule has 0 aromatic carbocycles. The van der Waals surface area contributed by atoms with Crippen LogP contribution in [-0.2, 0) is 4.74 Å². The molecule has 2 heterocycles. The summed E-state index contributed by atoms with van der Waals surface area (Å²) in [5, 5.41) is 0. The molecule has 0 radical (unpaired) electrons. The van der Waals surface area contributed by atoms with E-state index in [0.29, 0.717) is 0 Å². The van der Waals surface area contributed by atoms with Gasteiger partial charge in [0.05, 0.1) is 12.1 Å². The molecule has 0 aliphatic carbocycles. The molecule has 2 aliphatic heterocycles. The van der Waals surface area contributed by atoms with Gasteiger partial charge in [0.1, 0.15) is 5.60 Å². The van der Waals surface area contributed by atoms with Gasteiger partial charge in [-0.1, -0.05) is 18.2 Å². The Kier molecular flexibility index (Phi) is 4.47. The van der Waals surface area contributed by atoms with Crippen LogP contribution in [0.15, 0.2) is 24.8 Å². The number of likely N-dealkylation sites (tertiary alicyclic amines) is 1. The highest BCUT2D eigenvalue weighted by Gasteiger charge is 2.49. The molecule has 118 valence electrons. The predicted molar refractivity (Wildman–Crippen MR) is 85.3 cm³/mol. The van der Waals surface area contributed by atoms with Gasteiger partial charge in [-0.2, -0.15) is 0 Å². The van der Waals surface area contributed by atoms with Gasteiger partial charge in [-0.25, -0.2) is 4.79 Å². The Hall–Kier alpha value is -1.29. The minimum absolute atomic E-state index is 0.177. The van der Waals surface area contributed by atoms with E-state index < -0.39 is 5.60 Å². The molecule has 0 aromatic heterocycles. The van der Waals surface area contributed by atoms with Crippen LogP contribution in [0.4, 0.5) is 4.79 Å². The Morgan fingerprint density at radius 1 is 1.38 bits per heavy atom. The summed E-state index contributed by atoms with van der Waals surface area (Å²) in [4.78, 5) is 16.9. The third-order valence-electron chi connectivity index (χ3n) is 4.22. The number of fused-ring (bicyclic) bond motifs is 2. The van der Waals surface area contributed by atoms with Crippen LogP contribution in [0.1, 0.15) is 40.5 Å². The lowest BCUT2D eigenvalue weighted by molar-refractivity contribution is -0.0137. The summed E-state index contributed by atoms with van der Waals surface area (Å²) in [5.41, 5.74) is 0.656. The Labute approximate surface area is 128 Å². The summed E-state index contributed by atoms with van der Waals surface area (Å²) < 4.78 is 5.60. The van der Waals surface area contributed by atoms with E-state index in [0.717, 1.165) is 31.5 Å². The predicted octanol–water partition coefficient (Wildman–Crippen LogP) is 3.20. The first-order valence-corrected chi connectivity index (χ1v) is 7.76. The lowest BCUT2D eigenvalue weighted by atomic mass is 9.97. The molecule has 2 bridgehead atoms. The molecule has 3 atom stereocenters. The van der Waals surface area contributed by atoms with E-state index in [2.05, 4.69) is 18.1 Å². The van der Waals surface area contributed by atoms with Crippen molar-refractivity contribution in [2.24, 2.45) is 0 Å². The zero-order valence-electron chi connectivity index (χ0n) is 13.8. The molecule has 21 heavy (non-hydrogen) atoms. The van der Waals surface area contributed by atoms with Crippen molar-refractivity contribution in [3.05, 3.63) is 24.8 Å². The molecule has 2 aliphatic rings. The van der Waals surface area contributed by atoms with Crippen LogP contribution < -0.4 is 0 Å².